The second-order valence-corrected chi connectivity index (χ2v) is 3.24. The van der Waals surface area contributed by atoms with Crippen molar-refractivity contribution in [2.45, 2.75) is 19.6 Å². The van der Waals surface area contributed by atoms with E-state index in [0.717, 1.165) is 0 Å². The normalized spacial score (nSPS) is 12.7. The van der Waals surface area contributed by atoms with E-state index in [1.54, 1.807) is 18.2 Å². The molecule has 0 fully saturated rings. The molecule has 1 atom stereocenters. The molecule has 4 nitrogen and oxygen atoms in total. The first-order valence-electron chi connectivity index (χ1n) is 4.97. The number of aliphatic hydroxyl groups excluding tert-OH is 1. The highest BCUT2D eigenvalue weighted by Crippen LogP contribution is 2.27. The summed E-state index contributed by atoms with van der Waals surface area (Å²) >= 11 is 0. The average molecular weight is 211 g/mol. The van der Waals surface area contributed by atoms with E-state index in [1.165, 1.54) is 0 Å². The number of nitrogens with two attached hydrogens (primary N) is 1. The third-order valence-electron chi connectivity index (χ3n) is 2.19. The van der Waals surface area contributed by atoms with Gasteiger partial charge in [0, 0.05) is 24.3 Å². The Balaban J connectivity index is 2.90. The zero-order valence-electron chi connectivity index (χ0n) is 8.81. The van der Waals surface area contributed by atoms with E-state index in [0.29, 0.717) is 24.3 Å². The molecule has 15 heavy (non-hydrogen) atoms. The van der Waals surface area contributed by atoms with Gasteiger partial charge in [-0.2, -0.15) is 0 Å². The summed E-state index contributed by atoms with van der Waals surface area (Å²) in [7, 11) is 0. The average Bonchev–Trinajstić information content (AvgIpc) is 2.27. The van der Waals surface area contributed by atoms with E-state index in [4.69, 9.17) is 10.5 Å². The molecular weight excluding hydrogens is 194 g/mol. The molecule has 0 radical (unpaired) electrons. The van der Waals surface area contributed by atoms with Gasteiger partial charge >= 0.3 is 0 Å². The van der Waals surface area contributed by atoms with Crippen molar-refractivity contribution < 1.29 is 14.9 Å². The van der Waals surface area contributed by atoms with Gasteiger partial charge in [0.1, 0.15) is 5.75 Å². The van der Waals surface area contributed by atoms with Crippen molar-refractivity contribution in [3.8, 4) is 5.75 Å². The van der Waals surface area contributed by atoms with E-state index < -0.39 is 6.10 Å². The minimum absolute atomic E-state index is 0.0731. The molecule has 4 heteroatoms. The smallest absolute Gasteiger partial charge is 0.126 e. The van der Waals surface area contributed by atoms with Gasteiger partial charge in [-0.05, 0) is 6.92 Å². The molecule has 1 aromatic rings. The summed E-state index contributed by atoms with van der Waals surface area (Å²) in [6.07, 6.45) is -0.827. The summed E-state index contributed by atoms with van der Waals surface area (Å²) in [5, 5.41) is 19.4. The molecule has 0 aliphatic rings. The summed E-state index contributed by atoms with van der Waals surface area (Å²) in [5.74, 6) is 0.0731. The number of aliphatic hydroxyl groups is 1. The zero-order valence-corrected chi connectivity index (χ0v) is 8.81. The molecule has 1 aromatic carbocycles. The number of ether oxygens (including phenoxy) is 1. The second-order valence-electron chi connectivity index (χ2n) is 3.24. The van der Waals surface area contributed by atoms with Crippen LogP contribution in [0.15, 0.2) is 18.2 Å². The van der Waals surface area contributed by atoms with Gasteiger partial charge in [-0.3, -0.25) is 0 Å². The maximum atomic E-state index is 9.82. The quantitative estimate of drug-likeness (QED) is 0.677. The SMILES string of the molecule is CCOCc1cccc(C(O)CN)c1O. The van der Waals surface area contributed by atoms with Gasteiger partial charge < -0.3 is 20.7 Å². The van der Waals surface area contributed by atoms with Crippen LogP contribution in [0.4, 0.5) is 0 Å². The minimum Gasteiger partial charge on any atom is -0.507 e. The molecule has 84 valence electrons. The molecule has 0 saturated heterocycles. The monoisotopic (exact) mass is 211 g/mol. The summed E-state index contributed by atoms with van der Waals surface area (Å²) < 4.78 is 5.20. The van der Waals surface area contributed by atoms with Crippen LogP contribution < -0.4 is 5.73 Å². The third kappa shape index (κ3) is 2.92. The number of hydrogen-bond donors (Lipinski definition) is 3. The fourth-order valence-corrected chi connectivity index (χ4v) is 1.34. The lowest BCUT2D eigenvalue weighted by molar-refractivity contribution is 0.131. The predicted molar refractivity (Wildman–Crippen MR) is 57.5 cm³/mol. The predicted octanol–water partition coefficient (Wildman–Crippen LogP) is 0.921. The van der Waals surface area contributed by atoms with E-state index in [-0.39, 0.29) is 12.3 Å². The van der Waals surface area contributed by atoms with Crippen LogP contribution in [0, 0.1) is 0 Å². The Labute approximate surface area is 89.3 Å². The lowest BCUT2D eigenvalue weighted by atomic mass is 10.0. The topological polar surface area (TPSA) is 75.7 Å². The first-order chi connectivity index (χ1) is 7.20. The van der Waals surface area contributed by atoms with Gasteiger partial charge in [0.15, 0.2) is 0 Å². The van der Waals surface area contributed by atoms with Gasteiger partial charge in [-0.15, -0.1) is 0 Å². The second kappa shape index (κ2) is 5.70. The number of aromatic hydroxyl groups is 1. The molecule has 0 saturated carbocycles. The lowest BCUT2D eigenvalue weighted by Crippen LogP contribution is -2.12. The van der Waals surface area contributed by atoms with Crippen molar-refractivity contribution in [2.24, 2.45) is 5.73 Å². The summed E-state index contributed by atoms with van der Waals surface area (Å²) in [6.45, 7) is 2.90. The molecule has 0 aliphatic carbocycles. The van der Waals surface area contributed by atoms with Crippen LogP contribution in [0.1, 0.15) is 24.2 Å². The minimum atomic E-state index is -0.827. The first-order valence-corrected chi connectivity index (χ1v) is 4.97. The van der Waals surface area contributed by atoms with Crippen LogP contribution in [0.25, 0.3) is 0 Å². The maximum absolute atomic E-state index is 9.82. The highest BCUT2D eigenvalue weighted by molar-refractivity contribution is 5.41. The Morgan fingerprint density at radius 2 is 2.20 bits per heavy atom. The van der Waals surface area contributed by atoms with Gasteiger partial charge in [0.25, 0.3) is 0 Å². The summed E-state index contributed by atoms with van der Waals surface area (Å²) in [6, 6.07) is 5.18. The highest BCUT2D eigenvalue weighted by atomic mass is 16.5. The van der Waals surface area contributed by atoms with Crippen molar-refractivity contribution in [1.82, 2.24) is 0 Å². The Morgan fingerprint density at radius 3 is 2.80 bits per heavy atom. The summed E-state index contributed by atoms with van der Waals surface area (Å²) in [5.41, 5.74) is 6.45. The number of para-hydroxylation sites is 1. The number of benzene rings is 1. The fourth-order valence-electron chi connectivity index (χ4n) is 1.34. The molecule has 0 amide bonds. The Hall–Kier alpha value is -1.10. The van der Waals surface area contributed by atoms with Crippen LogP contribution in [0.2, 0.25) is 0 Å². The lowest BCUT2D eigenvalue weighted by Gasteiger charge is -2.13. The van der Waals surface area contributed by atoms with Crippen LogP contribution in [0.5, 0.6) is 5.75 Å². The van der Waals surface area contributed by atoms with Crippen LogP contribution in [-0.4, -0.2) is 23.4 Å². The molecule has 0 heterocycles. The van der Waals surface area contributed by atoms with Crippen molar-refractivity contribution in [3.05, 3.63) is 29.3 Å². The van der Waals surface area contributed by atoms with Gasteiger partial charge in [-0.25, -0.2) is 0 Å². The molecular formula is C11H17NO3. The Kier molecular flexibility index (Phi) is 4.55. The molecule has 1 unspecified atom stereocenters. The highest BCUT2D eigenvalue weighted by Gasteiger charge is 2.13. The Bertz CT molecular complexity index is 315. The molecule has 0 aromatic heterocycles. The fraction of sp³-hybridized carbons (Fsp3) is 0.455. The van der Waals surface area contributed by atoms with Gasteiger partial charge in [0.2, 0.25) is 0 Å². The van der Waals surface area contributed by atoms with E-state index in [1.807, 2.05) is 6.92 Å². The van der Waals surface area contributed by atoms with Crippen LogP contribution >= 0.6 is 0 Å². The third-order valence-corrected chi connectivity index (χ3v) is 2.19. The first kappa shape index (κ1) is 12.0. The van der Waals surface area contributed by atoms with Gasteiger partial charge in [0.05, 0.1) is 12.7 Å². The Morgan fingerprint density at radius 1 is 1.47 bits per heavy atom. The van der Waals surface area contributed by atoms with E-state index in [9.17, 15) is 10.2 Å². The van der Waals surface area contributed by atoms with Crippen molar-refractivity contribution in [3.63, 3.8) is 0 Å². The number of rotatable bonds is 5. The molecule has 0 aliphatic heterocycles. The van der Waals surface area contributed by atoms with Crippen molar-refractivity contribution in [1.29, 1.82) is 0 Å². The van der Waals surface area contributed by atoms with Crippen LogP contribution in [-0.2, 0) is 11.3 Å². The molecule has 4 N–H and O–H groups in total. The molecule has 0 spiro atoms. The number of phenolic OH excluding ortho intramolecular Hbond substituents is 1. The maximum Gasteiger partial charge on any atom is 0.126 e. The van der Waals surface area contributed by atoms with Crippen molar-refractivity contribution >= 4 is 0 Å². The largest absolute Gasteiger partial charge is 0.507 e. The standard InChI is InChI=1S/C11H17NO3/c1-2-15-7-8-4-3-5-9(11(8)14)10(13)6-12/h3-5,10,13-14H,2,6-7,12H2,1H3. The zero-order chi connectivity index (χ0) is 11.3. The summed E-state index contributed by atoms with van der Waals surface area (Å²) in [4.78, 5) is 0. The molecule has 0 bridgehead atoms. The van der Waals surface area contributed by atoms with E-state index >= 15 is 0 Å². The van der Waals surface area contributed by atoms with Crippen molar-refractivity contribution in [2.75, 3.05) is 13.2 Å². The van der Waals surface area contributed by atoms with Crippen LogP contribution in [0.3, 0.4) is 0 Å². The van der Waals surface area contributed by atoms with E-state index in [2.05, 4.69) is 0 Å². The number of phenols is 1. The van der Waals surface area contributed by atoms with Gasteiger partial charge in [-0.1, -0.05) is 18.2 Å². The number of hydrogen-bond acceptors (Lipinski definition) is 4. The molecule has 1 rings (SSSR count).